The summed E-state index contributed by atoms with van der Waals surface area (Å²) in [6.45, 7) is 2.23. The molecule has 1 aliphatic heterocycles. The van der Waals surface area contributed by atoms with E-state index in [1.807, 2.05) is 20.2 Å². The van der Waals surface area contributed by atoms with Gasteiger partial charge in [0.1, 0.15) is 0 Å². The van der Waals surface area contributed by atoms with E-state index in [1.165, 1.54) is 32.1 Å². The lowest BCUT2D eigenvalue weighted by molar-refractivity contribution is 0.607. The number of aryl methyl sites for hydroxylation is 1. The second-order valence-corrected chi connectivity index (χ2v) is 8.29. The summed E-state index contributed by atoms with van der Waals surface area (Å²) in [5.74, 6) is 0. The summed E-state index contributed by atoms with van der Waals surface area (Å²) < 4.78 is 1.12. The van der Waals surface area contributed by atoms with Crippen molar-refractivity contribution >= 4 is 27.2 Å². The number of unbranched alkanes of at least 4 members (excludes halogenated alkanes) is 5. The first-order valence-electron chi connectivity index (χ1n) is 9.63. The Balaban J connectivity index is 1.81. The normalized spacial score (nSPS) is 11.3. The number of nitrogens with zero attached hydrogens (tertiary/aromatic N) is 2. The van der Waals surface area contributed by atoms with Crippen LogP contribution in [0.5, 0.6) is 0 Å². The molecule has 3 nitrogen and oxygen atoms in total. The Morgan fingerprint density at radius 3 is 2.54 bits per heavy atom. The van der Waals surface area contributed by atoms with E-state index >= 15 is 0 Å². The first kappa shape index (κ1) is 18.8. The van der Waals surface area contributed by atoms with Crippen LogP contribution in [0.25, 0.3) is 20.8 Å². The second kappa shape index (κ2) is 8.63. The molecule has 0 atom stereocenters. The fraction of sp³-hybridized carbons (Fsp3) is 0.455. The Bertz CT molecular complexity index is 900. The molecule has 1 aromatic rings. The van der Waals surface area contributed by atoms with E-state index in [0.29, 0.717) is 0 Å². The van der Waals surface area contributed by atoms with E-state index in [-0.39, 0.29) is 5.43 Å². The van der Waals surface area contributed by atoms with Gasteiger partial charge in [-0.2, -0.15) is 0 Å². The first-order chi connectivity index (χ1) is 12.6. The van der Waals surface area contributed by atoms with Crippen molar-refractivity contribution in [3.8, 4) is 10.6 Å². The highest BCUT2D eigenvalue weighted by Crippen LogP contribution is 2.32. The fourth-order valence-corrected chi connectivity index (χ4v) is 4.27. The monoisotopic (exact) mass is 368 g/mol. The Kier molecular flexibility index (Phi) is 6.25. The summed E-state index contributed by atoms with van der Waals surface area (Å²) in [4.78, 5) is 20.3. The molecule has 0 fully saturated rings. The van der Waals surface area contributed by atoms with Gasteiger partial charge in [-0.3, -0.25) is 4.79 Å². The zero-order valence-corrected chi connectivity index (χ0v) is 16.9. The minimum atomic E-state index is 0.159. The van der Waals surface area contributed by atoms with Crippen LogP contribution in [-0.2, 0) is 6.42 Å². The molecule has 1 aliphatic carbocycles. The van der Waals surface area contributed by atoms with Crippen LogP contribution >= 0.6 is 11.3 Å². The average Bonchev–Trinajstić information content (AvgIpc) is 2.62. The van der Waals surface area contributed by atoms with Crippen molar-refractivity contribution in [3.05, 3.63) is 46.1 Å². The maximum atomic E-state index is 12.5. The molecule has 0 saturated carbocycles. The topological polar surface area (TPSA) is 33.2 Å². The Morgan fingerprint density at radius 2 is 1.77 bits per heavy atom. The lowest BCUT2D eigenvalue weighted by Gasteiger charge is -2.14. The van der Waals surface area contributed by atoms with Crippen LogP contribution in [-0.4, -0.2) is 19.1 Å². The predicted octanol–water partition coefficient (Wildman–Crippen LogP) is 5.73. The van der Waals surface area contributed by atoms with Crippen molar-refractivity contribution in [2.24, 2.45) is 0 Å². The van der Waals surface area contributed by atoms with Gasteiger partial charge in [0.25, 0.3) is 0 Å². The summed E-state index contributed by atoms with van der Waals surface area (Å²) in [5.41, 5.74) is 4.17. The third-order valence-corrected chi connectivity index (χ3v) is 5.96. The van der Waals surface area contributed by atoms with Crippen molar-refractivity contribution in [2.45, 2.75) is 51.9 Å². The van der Waals surface area contributed by atoms with E-state index < -0.39 is 0 Å². The number of benzene rings is 2. The lowest BCUT2D eigenvalue weighted by Crippen LogP contribution is -2.09. The van der Waals surface area contributed by atoms with Gasteiger partial charge in [0.2, 0.25) is 0 Å². The molecule has 0 amide bonds. The van der Waals surface area contributed by atoms with Gasteiger partial charge in [-0.15, -0.1) is 11.3 Å². The van der Waals surface area contributed by atoms with Gasteiger partial charge in [0.15, 0.2) is 5.43 Å². The molecular formula is C22H28N2OS. The first-order valence-corrected chi connectivity index (χ1v) is 10.4. The minimum Gasteiger partial charge on any atom is -0.378 e. The van der Waals surface area contributed by atoms with Crippen LogP contribution in [0.15, 0.2) is 35.1 Å². The molecular weight excluding hydrogens is 340 g/mol. The maximum Gasteiger partial charge on any atom is 0.183 e. The molecule has 1 heterocycles. The molecule has 0 saturated heterocycles. The van der Waals surface area contributed by atoms with Crippen LogP contribution in [0, 0.1) is 0 Å². The van der Waals surface area contributed by atoms with Crippen LogP contribution in [0.2, 0.25) is 0 Å². The summed E-state index contributed by atoms with van der Waals surface area (Å²) in [7, 11) is 4.06. The summed E-state index contributed by atoms with van der Waals surface area (Å²) >= 11 is 1.65. The lowest BCUT2D eigenvalue weighted by atomic mass is 10.0. The number of hydrogen-bond donors (Lipinski definition) is 0. The average molecular weight is 369 g/mol. The molecule has 0 N–H and O–H groups in total. The van der Waals surface area contributed by atoms with Gasteiger partial charge >= 0.3 is 0 Å². The molecule has 138 valence electrons. The molecule has 26 heavy (non-hydrogen) atoms. The molecule has 4 heteroatoms. The maximum absolute atomic E-state index is 12.5. The quantitative estimate of drug-likeness (QED) is 0.376. The van der Waals surface area contributed by atoms with E-state index in [4.69, 9.17) is 4.98 Å². The zero-order chi connectivity index (χ0) is 18.5. The summed E-state index contributed by atoms with van der Waals surface area (Å²) in [6, 6.07) is 10.1. The summed E-state index contributed by atoms with van der Waals surface area (Å²) in [5, 5.41) is 0. The highest BCUT2D eigenvalue weighted by Gasteiger charge is 2.12. The van der Waals surface area contributed by atoms with Gasteiger partial charge in [0.05, 0.1) is 20.8 Å². The SMILES string of the molecule is CCCCCCCCc1cc2nc3ccc(N(C)C)cc3sc-2cc1=O. The molecule has 0 bridgehead atoms. The van der Waals surface area contributed by atoms with Crippen molar-refractivity contribution in [1.82, 2.24) is 4.98 Å². The van der Waals surface area contributed by atoms with E-state index in [9.17, 15) is 4.79 Å². The van der Waals surface area contributed by atoms with Gasteiger partial charge in [-0.1, -0.05) is 39.0 Å². The van der Waals surface area contributed by atoms with Crippen molar-refractivity contribution in [3.63, 3.8) is 0 Å². The molecule has 0 spiro atoms. The van der Waals surface area contributed by atoms with Gasteiger partial charge in [-0.25, -0.2) is 4.98 Å². The molecule has 1 aromatic carbocycles. The molecule has 0 aromatic heterocycles. The molecule has 0 unspecified atom stereocenters. The van der Waals surface area contributed by atoms with Crippen LogP contribution in [0.1, 0.15) is 51.0 Å². The number of hydrogen-bond acceptors (Lipinski definition) is 4. The van der Waals surface area contributed by atoms with E-state index in [2.05, 4.69) is 30.0 Å². The van der Waals surface area contributed by atoms with Crippen molar-refractivity contribution in [1.29, 1.82) is 0 Å². The number of fused-ring (bicyclic) bond motifs is 2. The van der Waals surface area contributed by atoms with E-state index in [1.54, 1.807) is 17.4 Å². The van der Waals surface area contributed by atoms with Gasteiger partial charge in [0, 0.05) is 31.4 Å². The molecule has 2 aliphatic rings. The smallest absolute Gasteiger partial charge is 0.183 e. The highest BCUT2D eigenvalue weighted by atomic mass is 32.1. The fourth-order valence-electron chi connectivity index (χ4n) is 3.26. The molecule has 3 rings (SSSR count). The third-order valence-electron chi connectivity index (χ3n) is 4.86. The second-order valence-electron chi connectivity index (χ2n) is 7.21. The number of anilines is 1. The van der Waals surface area contributed by atoms with Crippen LogP contribution in [0.4, 0.5) is 5.69 Å². The largest absolute Gasteiger partial charge is 0.378 e. The minimum absolute atomic E-state index is 0.159. The van der Waals surface area contributed by atoms with Gasteiger partial charge < -0.3 is 4.90 Å². The standard InChI is InChI=1S/C22H28N2OS/c1-4-5-6-7-8-9-10-16-13-19-22(15-20(16)25)26-21-14-17(24(2)3)11-12-18(21)23-19/h11-15H,4-10H2,1-3H3. The van der Waals surface area contributed by atoms with Crippen LogP contribution in [0.3, 0.4) is 0 Å². The number of rotatable bonds is 8. The Hall–Kier alpha value is -1.94. The summed E-state index contributed by atoms with van der Waals surface area (Å²) in [6.07, 6.45) is 8.33. The van der Waals surface area contributed by atoms with Crippen molar-refractivity contribution < 1.29 is 0 Å². The van der Waals surface area contributed by atoms with E-state index in [0.717, 1.165) is 44.9 Å². The third kappa shape index (κ3) is 4.42. The van der Waals surface area contributed by atoms with Crippen molar-refractivity contribution in [2.75, 3.05) is 19.0 Å². The predicted molar refractivity (Wildman–Crippen MR) is 114 cm³/mol. The molecule has 0 radical (unpaired) electrons. The number of aromatic nitrogens is 1. The Labute approximate surface area is 160 Å². The van der Waals surface area contributed by atoms with Gasteiger partial charge in [-0.05, 0) is 37.1 Å². The Morgan fingerprint density at radius 1 is 1.00 bits per heavy atom. The highest BCUT2D eigenvalue weighted by molar-refractivity contribution is 7.21. The van der Waals surface area contributed by atoms with Crippen LogP contribution < -0.4 is 10.3 Å². The zero-order valence-electron chi connectivity index (χ0n) is 16.0.